The molecule has 0 aliphatic carbocycles. The number of benzene rings is 1. The van der Waals surface area contributed by atoms with E-state index >= 15 is 0 Å². The molecule has 0 heterocycles. The van der Waals surface area contributed by atoms with Crippen LogP contribution < -0.4 is 0 Å². The molecule has 104 valence electrons. The molecule has 0 aromatic heterocycles. The number of hydrogen-bond donors (Lipinski definition) is 0. The van der Waals surface area contributed by atoms with E-state index in [-0.39, 0.29) is 11.5 Å². The second-order valence-electron chi connectivity index (χ2n) is 3.44. The lowest BCUT2D eigenvalue weighted by Crippen LogP contribution is -2.40. The summed E-state index contributed by atoms with van der Waals surface area (Å²) in [6.07, 6.45) is 0. The van der Waals surface area contributed by atoms with E-state index in [1.807, 2.05) is 0 Å². The van der Waals surface area contributed by atoms with Crippen molar-refractivity contribution < 1.29 is 27.5 Å². The van der Waals surface area contributed by atoms with Crippen LogP contribution in [0, 0.1) is 5.82 Å². The number of thioether (sulfide) groups is 1. The van der Waals surface area contributed by atoms with Gasteiger partial charge in [0.2, 0.25) is 5.78 Å². The minimum Gasteiger partial charge on any atom is -0.461 e. The van der Waals surface area contributed by atoms with Gasteiger partial charge in [-0.25, -0.2) is 9.18 Å². The largest absolute Gasteiger partial charge is 0.461 e. The van der Waals surface area contributed by atoms with Crippen molar-refractivity contribution in [3.8, 4) is 0 Å². The summed E-state index contributed by atoms with van der Waals surface area (Å²) in [5.41, 5.74) is 0. The van der Waals surface area contributed by atoms with Crippen molar-refractivity contribution in [3.05, 3.63) is 30.1 Å². The molecule has 0 fully saturated rings. The van der Waals surface area contributed by atoms with Crippen LogP contribution in [0.4, 0.5) is 13.2 Å². The Labute approximate surface area is 112 Å². The second kappa shape index (κ2) is 6.60. The highest BCUT2D eigenvalue weighted by Crippen LogP contribution is 2.25. The number of ketones is 1. The number of carbonyl (C=O) groups excluding carboxylic acids is 2. The molecule has 0 radical (unpaired) electrons. The highest BCUT2D eigenvalue weighted by molar-refractivity contribution is 8.00. The highest BCUT2D eigenvalue weighted by Gasteiger charge is 2.48. The molecular weight excluding hydrogens is 281 g/mol. The van der Waals surface area contributed by atoms with Crippen LogP contribution in [-0.4, -0.2) is 30.0 Å². The van der Waals surface area contributed by atoms with Gasteiger partial charge in [-0.2, -0.15) is 8.78 Å². The number of rotatable bonds is 6. The molecule has 0 unspecified atom stereocenters. The summed E-state index contributed by atoms with van der Waals surface area (Å²) in [4.78, 5) is 22.2. The molecule has 0 amide bonds. The number of alkyl halides is 2. The number of halogens is 3. The van der Waals surface area contributed by atoms with E-state index in [1.54, 1.807) is 0 Å². The first kappa shape index (κ1) is 15.6. The van der Waals surface area contributed by atoms with Crippen LogP contribution in [0.3, 0.4) is 0 Å². The average Bonchev–Trinajstić information content (AvgIpc) is 2.37. The van der Waals surface area contributed by atoms with Crippen molar-refractivity contribution in [2.24, 2.45) is 0 Å². The Hall–Kier alpha value is -1.50. The Morgan fingerprint density at radius 3 is 2.53 bits per heavy atom. The zero-order valence-corrected chi connectivity index (χ0v) is 10.8. The number of Topliss-reactive ketones (excluding diaryl/α,β-unsaturated/α-hetero) is 1. The average molecular weight is 292 g/mol. The van der Waals surface area contributed by atoms with Crippen molar-refractivity contribution in [3.63, 3.8) is 0 Å². The van der Waals surface area contributed by atoms with Crippen molar-refractivity contribution in [1.82, 2.24) is 0 Å². The first-order valence-electron chi connectivity index (χ1n) is 5.35. The predicted molar refractivity (Wildman–Crippen MR) is 63.7 cm³/mol. The van der Waals surface area contributed by atoms with Gasteiger partial charge in [-0.15, -0.1) is 11.8 Å². The summed E-state index contributed by atoms with van der Waals surface area (Å²) in [6, 6.07) is 5.46. The van der Waals surface area contributed by atoms with E-state index in [1.165, 1.54) is 25.1 Å². The van der Waals surface area contributed by atoms with Gasteiger partial charge < -0.3 is 4.74 Å². The third kappa shape index (κ3) is 3.99. The molecule has 19 heavy (non-hydrogen) atoms. The molecular formula is C12H11F3O3S. The van der Waals surface area contributed by atoms with Crippen LogP contribution in [-0.2, 0) is 14.3 Å². The zero-order valence-electron chi connectivity index (χ0n) is 9.99. The van der Waals surface area contributed by atoms with Gasteiger partial charge in [0, 0.05) is 4.90 Å². The van der Waals surface area contributed by atoms with Gasteiger partial charge in [0.25, 0.3) is 0 Å². The van der Waals surface area contributed by atoms with E-state index in [2.05, 4.69) is 4.74 Å². The maximum Gasteiger partial charge on any atom is 0.400 e. The van der Waals surface area contributed by atoms with Crippen LogP contribution in [0.15, 0.2) is 29.2 Å². The minimum atomic E-state index is -4.20. The van der Waals surface area contributed by atoms with E-state index in [0.29, 0.717) is 11.8 Å². The SMILES string of the molecule is CCOC(=O)C(F)(F)C(=O)CSc1ccccc1F. The molecule has 0 bridgehead atoms. The first-order chi connectivity index (χ1) is 8.89. The standard InChI is InChI=1S/C12H11F3O3S/c1-2-18-11(17)12(14,15)10(16)7-19-9-6-4-3-5-8(9)13/h3-6H,2,7H2,1H3. The molecule has 0 saturated heterocycles. The number of carbonyl (C=O) groups is 2. The Bertz CT molecular complexity index is 477. The predicted octanol–water partition coefficient (Wildman–Crippen LogP) is 2.69. The molecule has 3 nitrogen and oxygen atoms in total. The van der Waals surface area contributed by atoms with Crippen molar-refractivity contribution >= 4 is 23.5 Å². The fourth-order valence-corrected chi connectivity index (χ4v) is 1.98. The van der Waals surface area contributed by atoms with Gasteiger partial charge in [-0.1, -0.05) is 12.1 Å². The molecule has 0 aliphatic rings. The third-order valence-corrected chi connectivity index (χ3v) is 3.13. The van der Waals surface area contributed by atoms with Crippen molar-refractivity contribution in [1.29, 1.82) is 0 Å². The summed E-state index contributed by atoms with van der Waals surface area (Å²) >= 11 is 0.605. The Kier molecular flexibility index (Phi) is 5.41. The van der Waals surface area contributed by atoms with E-state index in [0.717, 1.165) is 6.07 Å². The summed E-state index contributed by atoms with van der Waals surface area (Å²) < 4.78 is 43.9. The first-order valence-corrected chi connectivity index (χ1v) is 6.33. The van der Waals surface area contributed by atoms with E-state index < -0.39 is 29.2 Å². The summed E-state index contributed by atoms with van der Waals surface area (Å²) in [7, 11) is 0. The van der Waals surface area contributed by atoms with Gasteiger partial charge in [0.05, 0.1) is 12.4 Å². The monoisotopic (exact) mass is 292 g/mol. The van der Waals surface area contributed by atoms with Crippen molar-refractivity contribution in [2.75, 3.05) is 12.4 Å². The Balaban J connectivity index is 2.65. The normalized spacial score (nSPS) is 11.2. The fraction of sp³-hybridized carbons (Fsp3) is 0.333. The Morgan fingerprint density at radius 1 is 1.32 bits per heavy atom. The van der Waals surface area contributed by atoms with Crippen LogP contribution in [0.25, 0.3) is 0 Å². The molecule has 0 atom stereocenters. The van der Waals surface area contributed by atoms with Crippen LogP contribution in [0.5, 0.6) is 0 Å². The Morgan fingerprint density at radius 2 is 1.95 bits per heavy atom. The lowest BCUT2D eigenvalue weighted by Gasteiger charge is -2.13. The number of esters is 1. The quantitative estimate of drug-likeness (QED) is 0.459. The molecule has 1 rings (SSSR count). The lowest BCUT2D eigenvalue weighted by atomic mass is 10.2. The van der Waals surface area contributed by atoms with Gasteiger partial charge in [0.15, 0.2) is 0 Å². The van der Waals surface area contributed by atoms with Gasteiger partial charge in [0.1, 0.15) is 5.82 Å². The van der Waals surface area contributed by atoms with Gasteiger partial charge in [-0.05, 0) is 19.1 Å². The summed E-state index contributed by atoms with van der Waals surface area (Å²) in [5.74, 6) is -9.02. The summed E-state index contributed by atoms with van der Waals surface area (Å²) in [5, 5.41) is 0. The van der Waals surface area contributed by atoms with Crippen LogP contribution in [0.1, 0.15) is 6.92 Å². The van der Waals surface area contributed by atoms with Crippen LogP contribution >= 0.6 is 11.8 Å². The molecule has 0 saturated carbocycles. The maximum absolute atomic E-state index is 13.3. The smallest absolute Gasteiger partial charge is 0.400 e. The number of ether oxygens (including phenoxy) is 1. The minimum absolute atomic E-state index is 0.0653. The molecule has 7 heteroatoms. The molecule has 1 aromatic carbocycles. The zero-order chi connectivity index (χ0) is 14.5. The second-order valence-corrected chi connectivity index (χ2v) is 4.45. The molecule has 0 aliphatic heterocycles. The van der Waals surface area contributed by atoms with Crippen molar-refractivity contribution in [2.45, 2.75) is 17.7 Å². The fourth-order valence-electron chi connectivity index (χ4n) is 1.13. The molecule has 0 N–H and O–H groups in total. The third-order valence-electron chi connectivity index (χ3n) is 2.08. The van der Waals surface area contributed by atoms with Crippen LogP contribution in [0.2, 0.25) is 0 Å². The van der Waals surface area contributed by atoms with E-state index in [9.17, 15) is 22.8 Å². The maximum atomic E-state index is 13.3. The molecule has 1 aromatic rings. The summed E-state index contributed by atoms with van der Waals surface area (Å²) in [6.45, 7) is 1.11. The number of hydrogen-bond acceptors (Lipinski definition) is 4. The van der Waals surface area contributed by atoms with Gasteiger partial charge >= 0.3 is 11.9 Å². The lowest BCUT2D eigenvalue weighted by molar-refractivity contribution is -0.175. The highest BCUT2D eigenvalue weighted by atomic mass is 32.2. The molecule has 0 spiro atoms. The van der Waals surface area contributed by atoms with Gasteiger partial charge in [-0.3, -0.25) is 4.79 Å². The van der Waals surface area contributed by atoms with E-state index in [4.69, 9.17) is 0 Å². The topological polar surface area (TPSA) is 43.4 Å².